The second-order valence-electron chi connectivity index (χ2n) is 6.13. The number of hydrogen-bond acceptors (Lipinski definition) is 9. The van der Waals surface area contributed by atoms with Crippen LogP contribution in [-0.2, 0) is 0 Å². The molecule has 9 heteroatoms. The van der Waals surface area contributed by atoms with Gasteiger partial charge in [-0.25, -0.2) is 9.61 Å². The van der Waals surface area contributed by atoms with Crippen molar-refractivity contribution in [1.82, 2.24) is 20.3 Å². The number of para-hydroxylation sites is 1. The minimum Gasteiger partial charge on any atom is -0.507 e. The van der Waals surface area contributed by atoms with Crippen molar-refractivity contribution >= 4 is 34.8 Å². The molecule has 0 saturated carbocycles. The summed E-state index contributed by atoms with van der Waals surface area (Å²) in [5.41, 5.74) is 7.06. The Kier molecular flexibility index (Phi) is 4.55. The fourth-order valence-electron chi connectivity index (χ4n) is 2.58. The minimum atomic E-state index is 0.129. The molecule has 140 valence electrons. The van der Waals surface area contributed by atoms with Crippen molar-refractivity contribution in [2.24, 2.45) is 5.10 Å². The first-order valence-electron chi connectivity index (χ1n) is 8.52. The van der Waals surface area contributed by atoms with E-state index in [2.05, 4.69) is 36.1 Å². The Balaban J connectivity index is 1.67. The Hall–Kier alpha value is -4.01. The standard InChI is InChI=1S/C19H17N7O2/c1-11-6-5-8-14(12(11)2)21-16-17(23-19-18(22-16)25-28-26-19)24-20-10-13-7-3-4-9-15(13)27/h3-10,27H,1-2H3,(H,21,22,25)(H,23,24,26)/b20-10-. The van der Waals surface area contributed by atoms with E-state index in [0.29, 0.717) is 17.2 Å². The average molecular weight is 375 g/mol. The maximum atomic E-state index is 9.84. The smallest absolute Gasteiger partial charge is 0.245 e. The van der Waals surface area contributed by atoms with Gasteiger partial charge in [-0.2, -0.15) is 10.1 Å². The molecule has 0 spiro atoms. The van der Waals surface area contributed by atoms with E-state index >= 15 is 0 Å². The van der Waals surface area contributed by atoms with Crippen LogP contribution < -0.4 is 10.7 Å². The first kappa shape index (κ1) is 17.4. The molecule has 2 aromatic heterocycles. The molecule has 2 heterocycles. The third-order valence-electron chi connectivity index (χ3n) is 4.28. The van der Waals surface area contributed by atoms with Crippen molar-refractivity contribution in [3.05, 3.63) is 59.2 Å². The number of nitrogens with zero attached hydrogens (tertiary/aromatic N) is 5. The molecule has 4 rings (SSSR count). The van der Waals surface area contributed by atoms with Gasteiger partial charge in [0.25, 0.3) is 0 Å². The van der Waals surface area contributed by atoms with Crippen molar-refractivity contribution in [3.63, 3.8) is 0 Å². The molecule has 0 fully saturated rings. The molecule has 9 nitrogen and oxygen atoms in total. The van der Waals surface area contributed by atoms with E-state index < -0.39 is 0 Å². The van der Waals surface area contributed by atoms with Gasteiger partial charge in [0.2, 0.25) is 11.3 Å². The zero-order valence-electron chi connectivity index (χ0n) is 15.2. The van der Waals surface area contributed by atoms with Gasteiger partial charge in [-0.3, -0.25) is 5.43 Å². The van der Waals surface area contributed by atoms with Crippen molar-refractivity contribution in [2.45, 2.75) is 13.8 Å². The van der Waals surface area contributed by atoms with Crippen molar-refractivity contribution in [2.75, 3.05) is 10.7 Å². The molecule has 0 radical (unpaired) electrons. The van der Waals surface area contributed by atoms with Crippen LogP contribution in [0, 0.1) is 13.8 Å². The third kappa shape index (κ3) is 3.45. The summed E-state index contributed by atoms with van der Waals surface area (Å²) in [6.45, 7) is 4.05. The van der Waals surface area contributed by atoms with E-state index in [1.54, 1.807) is 18.2 Å². The van der Waals surface area contributed by atoms with Crippen LogP contribution in [0.2, 0.25) is 0 Å². The number of phenols is 1. The Morgan fingerprint density at radius 3 is 2.50 bits per heavy atom. The molecule has 0 unspecified atom stereocenters. The normalized spacial score (nSPS) is 11.2. The summed E-state index contributed by atoms with van der Waals surface area (Å²) >= 11 is 0. The fraction of sp³-hybridized carbons (Fsp3) is 0.105. The molecule has 0 aliphatic heterocycles. The summed E-state index contributed by atoms with van der Waals surface area (Å²) in [4.78, 5) is 8.78. The maximum Gasteiger partial charge on any atom is 0.245 e. The van der Waals surface area contributed by atoms with E-state index in [9.17, 15) is 5.11 Å². The Bertz CT molecular complexity index is 1170. The molecule has 3 N–H and O–H groups in total. The number of fused-ring (bicyclic) bond motifs is 1. The van der Waals surface area contributed by atoms with Gasteiger partial charge in [0.1, 0.15) is 5.75 Å². The number of benzene rings is 2. The molecule has 0 saturated heterocycles. The van der Waals surface area contributed by atoms with Gasteiger partial charge in [-0.1, -0.05) is 24.3 Å². The molecular formula is C19H17N7O2. The van der Waals surface area contributed by atoms with E-state index in [1.165, 1.54) is 6.21 Å². The van der Waals surface area contributed by atoms with Crippen LogP contribution in [0.15, 0.2) is 52.2 Å². The van der Waals surface area contributed by atoms with Gasteiger partial charge in [-0.05, 0) is 53.5 Å². The van der Waals surface area contributed by atoms with Crippen LogP contribution in [0.5, 0.6) is 5.75 Å². The summed E-state index contributed by atoms with van der Waals surface area (Å²) in [5, 5.41) is 24.7. The summed E-state index contributed by atoms with van der Waals surface area (Å²) < 4.78 is 4.71. The first-order valence-corrected chi connectivity index (χ1v) is 8.52. The number of hydrazone groups is 1. The molecule has 0 bridgehead atoms. The van der Waals surface area contributed by atoms with Crippen LogP contribution in [-0.4, -0.2) is 31.6 Å². The number of nitrogens with one attached hydrogen (secondary N) is 2. The second kappa shape index (κ2) is 7.31. The number of aromatic hydroxyl groups is 1. The quantitative estimate of drug-likeness (QED) is 0.358. The Labute approximate surface area is 160 Å². The lowest BCUT2D eigenvalue weighted by molar-refractivity contribution is 0.314. The molecular weight excluding hydrogens is 358 g/mol. The third-order valence-corrected chi connectivity index (χ3v) is 4.28. The predicted octanol–water partition coefficient (Wildman–Crippen LogP) is 3.52. The fourth-order valence-corrected chi connectivity index (χ4v) is 2.58. The Morgan fingerprint density at radius 1 is 0.964 bits per heavy atom. The van der Waals surface area contributed by atoms with E-state index in [4.69, 9.17) is 4.63 Å². The zero-order valence-corrected chi connectivity index (χ0v) is 15.2. The van der Waals surface area contributed by atoms with Crippen molar-refractivity contribution in [3.8, 4) is 5.75 Å². The Morgan fingerprint density at radius 2 is 1.71 bits per heavy atom. The van der Waals surface area contributed by atoms with Crippen LogP contribution >= 0.6 is 0 Å². The number of phenolic OH excluding ortho intramolecular Hbond substituents is 1. The van der Waals surface area contributed by atoms with Crippen LogP contribution in [0.4, 0.5) is 17.3 Å². The van der Waals surface area contributed by atoms with Crippen molar-refractivity contribution in [1.29, 1.82) is 0 Å². The molecule has 0 aliphatic rings. The van der Waals surface area contributed by atoms with Crippen molar-refractivity contribution < 1.29 is 9.74 Å². The predicted molar refractivity (Wildman–Crippen MR) is 106 cm³/mol. The summed E-state index contributed by atoms with van der Waals surface area (Å²) in [6.07, 6.45) is 1.49. The highest BCUT2D eigenvalue weighted by Crippen LogP contribution is 2.27. The monoisotopic (exact) mass is 375 g/mol. The largest absolute Gasteiger partial charge is 0.507 e. The lowest BCUT2D eigenvalue weighted by atomic mass is 10.1. The highest BCUT2D eigenvalue weighted by atomic mass is 16.6. The lowest BCUT2D eigenvalue weighted by Gasteiger charge is -2.12. The number of rotatable bonds is 5. The highest BCUT2D eigenvalue weighted by Gasteiger charge is 2.14. The minimum absolute atomic E-state index is 0.129. The molecule has 4 aromatic rings. The molecule has 28 heavy (non-hydrogen) atoms. The maximum absolute atomic E-state index is 9.84. The van der Waals surface area contributed by atoms with Gasteiger partial charge >= 0.3 is 0 Å². The first-order chi connectivity index (χ1) is 13.6. The van der Waals surface area contributed by atoms with Gasteiger partial charge < -0.3 is 10.4 Å². The number of aromatic nitrogens is 4. The molecule has 0 amide bonds. The molecule has 0 atom stereocenters. The van der Waals surface area contributed by atoms with Gasteiger partial charge in [0.15, 0.2) is 11.6 Å². The number of hydrogen-bond donors (Lipinski definition) is 3. The van der Waals surface area contributed by atoms with Crippen LogP contribution in [0.3, 0.4) is 0 Å². The SMILES string of the molecule is Cc1cccc(Nc2nc3nonc3nc2N/N=C\c2ccccc2O)c1C. The zero-order chi connectivity index (χ0) is 19.5. The van der Waals surface area contributed by atoms with Gasteiger partial charge in [0.05, 0.1) is 6.21 Å². The second-order valence-corrected chi connectivity index (χ2v) is 6.13. The van der Waals surface area contributed by atoms with E-state index in [0.717, 1.165) is 16.8 Å². The average Bonchev–Trinajstić information content (AvgIpc) is 3.14. The number of anilines is 3. The summed E-state index contributed by atoms with van der Waals surface area (Å²) in [5.74, 6) is 0.895. The topological polar surface area (TPSA) is 121 Å². The van der Waals surface area contributed by atoms with Crippen LogP contribution in [0.1, 0.15) is 16.7 Å². The van der Waals surface area contributed by atoms with Crippen LogP contribution in [0.25, 0.3) is 11.3 Å². The highest BCUT2D eigenvalue weighted by molar-refractivity contribution is 5.84. The lowest BCUT2D eigenvalue weighted by Crippen LogP contribution is -2.04. The van der Waals surface area contributed by atoms with Gasteiger partial charge in [0, 0.05) is 11.3 Å². The summed E-state index contributed by atoms with van der Waals surface area (Å²) in [7, 11) is 0. The molecule has 2 aromatic carbocycles. The summed E-state index contributed by atoms with van der Waals surface area (Å²) in [6, 6.07) is 12.8. The molecule has 0 aliphatic carbocycles. The van der Waals surface area contributed by atoms with E-state index in [-0.39, 0.29) is 17.0 Å². The van der Waals surface area contributed by atoms with E-state index in [1.807, 2.05) is 38.1 Å². The number of aryl methyl sites for hydroxylation is 1. The van der Waals surface area contributed by atoms with Gasteiger partial charge in [-0.15, -0.1) is 0 Å².